The zero-order valence-electron chi connectivity index (χ0n) is 13.1. The number of rotatable bonds is 1. The molecular weight excluding hydrogens is 292 g/mol. The molecule has 1 unspecified atom stereocenters. The Morgan fingerprint density at radius 1 is 0.583 bits per heavy atom. The summed E-state index contributed by atoms with van der Waals surface area (Å²) in [5, 5.41) is 0. The van der Waals surface area contributed by atoms with E-state index in [1.54, 1.807) is 0 Å². The second kappa shape index (κ2) is 4.24. The molecule has 114 valence electrons. The maximum Gasteiger partial charge on any atom is 0.150 e. The van der Waals surface area contributed by atoms with Crippen LogP contribution >= 0.6 is 0 Å². The zero-order valence-corrected chi connectivity index (χ0v) is 13.1. The van der Waals surface area contributed by atoms with Gasteiger partial charge in [-0.3, -0.25) is 4.79 Å². The average molecular weight is 308 g/mol. The summed E-state index contributed by atoms with van der Waals surface area (Å²) in [5.74, 6) is 1.98. The zero-order chi connectivity index (χ0) is 15.8. The molecule has 1 heteroatoms. The van der Waals surface area contributed by atoms with Crippen molar-refractivity contribution >= 4 is 6.29 Å². The van der Waals surface area contributed by atoms with Crippen LogP contribution in [0.1, 0.15) is 61.5 Å². The first-order valence-corrected chi connectivity index (χ1v) is 8.65. The summed E-state index contributed by atoms with van der Waals surface area (Å²) in [7, 11) is 0. The molecule has 0 aliphatic heterocycles. The normalized spacial score (nSPS) is 27.3. The highest BCUT2D eigenvalue weighted by Crippen LogP contribution is 2.68. The molecule has 0 bridgehead atoms. The number of carbonyl (C=O) groups is 1. The van der Waals surface area contributed by atoms with E-state index in [4.69, 9.17) is 0 Å². The van der Waals surface area contributed by atoms with Crippen LogP contribution in [0.5, 0.6) is 0 Å². The van der Waals surface area contributed by atoms with Crippen LogP contribution in [0.2, 0.25) is 0 Å². The van der Waals surface area contributed by atoms with Gasteiger partial charge in [-0.25, -0.2) is 0 Å². The molecule has 0 heterocycles. The van der Waals surface area contributed by atoms with Crippen molar-refractivity contribution in [3.8, 4) is 0 Å². The van der Waals surface area contributed by atoms with Crippen LogP contribution in [-0.2, 0) is 0 Å². The number of benzene rings is 3. The predicted molar refractivity (Wildman–Crippen MR) is 93.7 cm³/mol. The van der Waals surface area contributed by atoms with Gasteiger partial charge in [0.2, 0.25) is 0 Å². The molecule has 0 spiro atoms. The van der Waals surface area contributed by atoms with Gasteiger partial charge < -0.3 is 0 Å². The second-order valence-electron chi connectivity index (χ2n) is 7.27. The van der Waals surface area contributed by atoms with Gasteiger partial charge in [-0.1, -0.05) is 60.7 Å². The summed E-state index contributed by atoms with van der Waals surface area (Å²) in [5.41, 5.74) is 9.55. The molecular formula is C23H16O. The van der Waals surface area contributed by atoms with Gasteiger partial charge in [0.05, 0.1) is 0 Å². The summed E-state index contributed by atoms with van der Waals surface area (Å²) in [6, 6.07) is 24.2. The quantitative estimate of drug-likeness (QED) is 0.587. The maximum absolute atomic E-state index is 11.3. The van der Waals surface area contributed by atoms with E-state index in [1.165, 1.54) is 33.4 Å². The minimum Gasteiger partial charge on any atom is -0.298 e. The molecule has 3 aliphatic carbocycles. The van der Waals surface area contributed by atoms with Crippen LogP contribution in [0.3, 0.4) is 0 Å². The molecule has 0 aromatic heterocycles. The Kier molecular flexibility index (Phi) is 2.25. The lowest BCUT2D eigenvalue weighted by atomic mass is 9.86. The van der Waals surface area contributed by atoms with Gasteiger partial charge in [-0.05, 0) is 45.4 Å². The van der Waals surface area contributed by atoms with Gasteiger partial charge in [0.15, 0.2) is 0 Å². The lowest BCUT2D eigenvalue weighted by molar-refractivity contribution is 0.112. The van der Waals surface area contributed by atoms with Crippen molar-refractivity contribution in [2.45, 2.75) is 17.8 Å². The SMILES string of the molecule is O=Cc1ccc2c(c1)[C@@H]1c3ccccc3[C@@H]3c4ccccc4[C@H]2C31. The van der Waals surface area contributed by atoms with E-state index in [0.717, 1.165) is 11.8 Å². The van der Waals surface area contributed by atoms with Gasteiger partial charge in [0, 0.05) is 23.3 Å². The molecule has 24 heavy (non-hydrogen) atoms. The average Bonchev–Trinajstić information content (AvgIpc) is 3.25. The minimum atomic E-state index is 0.429. The van der Waals surface area contributed by atoms with Gasteiger partial charge in [-0.2, -0.15) is 0 Å². The third-order valence-corrected chi connectivity index (χ3v) is 6.40. The van der Waals surface area contributed by atoms with E-state index in [9.17, 15) is 4.79 Å². The van der Waals surface area contributed by atoms with E-state index in [1.807, 2.05) is 6.07 Å². The Morgan fingerprint density at radius 2 is 1.04 bits per heavy atom. The molecule has 0 N–H and O–H groups in total. The number of fused-ring (bicyclic) bond motifs is 9. The molecule has 3 aromatic carbocycles. The number of aldehydes is 1. The van der Waals surface area contributed by atoms with Crippen LogP contribution < -0.4 is 0 Å². The molecule has 3 aliphatic rings. The predicted octanol–water partition coefficient (Wildman–Crippen LogP) is 4.85. The van der Waals surface area contributed by atoms with Crippen molar-refractivity contribution < 1.29 is 4.79 Å². The monoisotopic (exact) mass is 308 g/mol. The lowest BCUT2D eigenvalue weighted by Crippen LogP contribution is -2.07. The summed E-state index contributed by atoms with van der Waals surface area (Å²) < 4.78 is 0. The molecule has 6 rings (SSSR count). The van der Waals surface area contributed by atoms with Gasteiger partial charge in [0.25, 0.3) is 0 Å². The Hall–Kier alpha value is -2.67. The van der Waals surface area contributed by atoms with Crippen LogP contribution in [0.4, 0.5) is 0 Å². The smallest absolute Gasteiger partial charge is 0.150 e. The maximum atomic E-state index is 11.3. The highest BCUT2D eigenvalue weighted by atomic mass is 16.1. The van der Waals surface area contributed by atoms with Crippen LogP contribution in [0.25, 0.3) is 0 Å². The first-order valence-electron chi connectivity index (χ1n) is 8.65. The van der Waals surface area contributed by atoms with Crippen LogP contribution in [0, 0.1) is 5.92 Å². The third kappa shape index (κ3) is 1.31. The van der Waals surface area contributed by atoms with Crippen LogP contribution in [-0.4, -0.2) is 6.29 Å². The Balaban J connectivity index is 1.73. The molecule has 0 saturated carbocycles. The van der Waals surface area contributed by atoms with Crippen molar-refractivity contribution in [3.63, 3.8) is 0 Å². The minimum absolute atomic E-state index is 0.429. The van der Waals surface area contributed by atoms with Crippen molar-refractivity contribution in [2.75, 3.05) is 0 Å². The Labute approximate surface area is 141 Å². The summed E-state index contributed by atoms with van der Waals surface area (Å²) in [4.78, 5) is 11.3. The highest BCUT2D eigenvalue weighted by Gasteiger charge is 2.56. The second-order valence-corrected chi connectivity index (χ2v) is 7.27. The highest BCUT2D eigenvalue weighted by molar-refractivity contribution is 5.77. The summed E-state index contributed by atoms with van der Waals surface area (Å²) in [6.45, 7) is 0. The van der Waals surface area contributed by atoms with Crippen molar-refractivity contribution in [2.24, 2.45) is 5.92 Å². The fourth-order valence-corrected chi connectivity index (χ4v) is 5.70. The Bertz CT molecular complexity index is 1010. The fraction of sp³-hybridized carbons (Fsp3) is 0.174. The molecule has 0 radical (unpaired) electrons. The third-order valence-electron chi connectivity index (χ3n) is 6.40. The number of carbonyl (C=O) groups excluding carboxylic acids is 1. The largest absolute Gasteiger partial charge is 0.298 e. The molecule has 0 amide bonds. The van der Waals surface area contributed by atoms with E-state index in [0.29, 0.717) is 23.7 Å². The number of hydrogen-bond donors (Lipinski definition) is 0. The van der Waals surface area contributed by atoms with E-state index >= 15 is 0 Å². The lowest BCUT2D eigenvalue weighted by Gasteiger charge is -2.16. The molecule has 0 fully saturated rings. The fourth-order valence-electron chi connectivity index (χ4n) is 5.70. The van der Waals surface area contributed by atoms with Crippen LogP contribution in [0.15, 0.2) is 66.7 Å². The standard InChI is InChI=1S/C23H16O/c24-12-13-9-10-18-19(11-13)22-17-8-4-3-7-16(17)20-14-5-1-2-6-15(14)21(18)23(20)22/h1-12,20-23H/t20-,21+,22-,23?/m0/s1. The van der Waals surface area contributed by atoms with Gasteiger partial charge >= 0.3 is 0 Å². The molecule has 4 atom stereocenters. The van der Waals surface area contributed by atoms with Gasteiger partial charge in [0.1, 0.15) is 6.29 Å². The molecule has 1 nitrogen and oxygen atoms in total. The van der Waals surface area contributed by atoms with E-state index in [-0.39, 0.29) is 0 Å². The first-order chi connectivity index (χ1) is 11.9. The number of hydrogen-bond acceptors (Lipinski definition) is 1. The van der Waals surface area contributed by atoms with E-state index in [2.05, 4.69) is 60.7 Å². The topological polar surface area (TPSA) is 17.1 Å². The summed E-state index contributed by atoms with van der Waals surface area (Å²) >= 11 is 0. The molecule has 0 saturated heterocycles. The summed E-state index contributed by atoms with van der Waals surface area (Å²) in [6.07, 6.45) is 0.973. The van der Waals surface area contributed by atoms with Crippen molar-refractivity contribution in [1.82, 2.24) is 0 Å². The van der Waals surface area contributed by atoms with Crippen molar-refractivity contribution in [3.05, 3.63) is 106 Å². The first kappa shape index (κ1) is 12.7. The van der Waals surface area contributed by atoms with Crippen molar-refractivity contribution in [1.29, 1.82) is 0 Å². The van der Waals surface area contributed by atoms with Gasteiger partial charge in [-0.15, -0.1) is 0 Å². The Morgan fingerprint density at radius 3 is 1.54 bits per heavy atom. The molecule has 3 aromatic rings. The van der Waals surface area contributed by atoms with E-state index < -0.39 is 0 Å².